The molecule has 0 heterocycles. The van der Waals surface area contributed by atoms with Gasteiger partial charge in [-0.2, -0.15) is 0 Å². The Kier molecular flexibility index (Phi) is 2.32. The predicted molar refractivity (Wildman–Crippen MR) is 43.7 cm³/mol. The molecular weight excluding hydrogens is 181 g/mol. The molecule has 0 saturated heterocycles. The van der Waals surface area contributed by atoms with Gasteiger partial charge in [0.2, 0.25) is 10.0 Å². The van der Waals surface area contributed by atoms with Crippen LogP contribution in [0.2, 0.25) is 0 Å². The second kappa shape index (κ2) is 3.10. The summed E-state index contributed by atoms with van der Waals surface area (Å²) in [7, 11) is -3.41. The molecule has 0 aliphatic heterocycles. The molecule has 1 rings (SSSR count). The molecule has 1 aromatic rings. The van der Waals surface area contributed by atoms with Gasteiger partial charge in [0.1, 0.15) is 0 Å². The van der Waals surface area contributed by atoms with E-state index >= 15 is 0 Å². The van der Waals surface area contributed by atoms with Gasteiger partial charge >= 0.3 is 0 Å². The number of rotatable bonds is 2. The number of hydrogen-bond acceptors (Lipinski definition) is 2. The van der Waals surface area contributed by atoms with Gasteiger partial charge in [-0.15, -0.1) is 0 Å². The highest BCUT2D eigenvalue weighted by Crippen LogP contribution is 2.12. The van der Waals surface area contributed by atoms with Crippen LogP contribution in [0.5, 0.6) is 0 Å². The highest BCUT2D eigenvalue weighted by Gasteiger charge is 2.05. The molecule has 1 radical (unpaired) electrons. The zero-order chi connectivity index (χ0) is 9.19. The van der Waals surface area contributed by atoms with Gasteiger partial charge in [0.05, 0.1) is 11.9 Å². The summed E-state index contributed by atoms with van der Waals surface area (Å²) < 4.78 is 36.1. The van der Waals surface area contributed by atoms with Crippen LogP contribution in [0.1, 0.15) is 0 Å². The number of hydrogen-bond donors (Lipinski definition) is 1. The summed E-state index contributed by atoms with van der Waals surface area (Å²) in [5.41, 5.74) is -0.0833. The first kappa shape index (κ1) is 8.99. The minimum atomic E-state index is -3.41. The molecule has 0 spiro atoms. The molecule has 0 aromatic heterocycles. The van der Waals surface area contributed by atoms with Crippen LogP contribution in [-0.2, 0) is 10.0 Å². The van der Waals surface area contributed by atoms with Crippen LogP contribution in [0.25, 0.3) is 0 Å². The lowest BCUT2D eigenvalue weighted by molar-refractivity contribution is 0.603. The van der Waals surface area contributed by atoms with Crippen molar-refractivity contribution < 1.29 is 12.8 Å². The summed E-state index contributed by atoms with van der Waals surface area (Å²) in [5.74, 6) is -0.706. The monoisotopic (exact) mass is 188 g/mol. The first-order valence-corrected chi connectivity index (χ1v) is 5.02. The van der Waals surface area contributed by atoms with Gasteiger partial charge in [0.15, 0.2) is 5.82 Å². The third-order valence-corrected chi connectivity index (χ3v) is 1.69. The van der Waals surface area contributed by atoms with E-state index in [0.717, 1.165) is 6.26 Å². The van der Waals surface area contributed by atoms with Gasteiger partial charge in [0.25, 0.3) is 0 Å². The SMILES string of the molecule is CS(=O)(=O)Nc1ccc[c]c1F. The largest absolute Gasteiger partial charge is 0.281 e. The van der Waals surface area contributed by atoms with E-state index in [1.54, 1.807) is 0 Å². The van der Waals surface area contributed by atoms with Crippen LogP contribution < -0.4 is 4.72 Å². The molecule has 12 heavy (non-hydrogen) atoms. The second-order valence-corrected chi connectivity index (χ2v) is 4.02. The van der Waals surface area contributed by atoms with E-state index in [2.05, 4.69) is 6.07 Å². The van der Waals surface area contributed by atoms with Crippen LogP contribution in [-0.4, -0.2) is 14.7 Å². The van der Waals surface area contributed by atoms with E-state index in [-0.39, 0.29) is 5.69 Å². The second-order valence-electron chi connectivity index (χ2n) is 2.27. The normalized spacial score (nSPS) is 11.2. The minimum absolute atomic E-state index is 0.0833. The number of benzene rings is 1. The quantitative estimate of drug-likeness (QED) is 0.752. The molecule has 0 amide bonds. The van der Waals surface area contributed by atoms with Crippen LogP contribution in [0.15, 0.2) is 18.2 Å². The van der Waals surface area contributed by atoms with Crippen LogP contribution in [0.4, 0.5) is 10.1 Å². The maximum absolute atomic E-state index is 12.7. The van der Waals surface area contributed by atoms with Crippen molar-refractivity contribution in [3.8, 4) is 0 Å². The Bertz CT molecular complexity index is 375. The predicted octanol–water partition coefficient (Wildman–Crippen LogP) is 0.997. The third-order valence-electron chi connectivity index (χ3n) is 1.10. The molecule has 0 aliphatic carbocycles. The van der Waals surface area contributed by atoms with Crippen LogP contribution in [0.3, 0.4) is 0 Å². The molecule has 1 aromatic carbocycles. The first-order valence-electron chi connectivity index (χ1n) is 3.13. The third kappa shape index (κ3) is 2.50. The van der Waals surface area contributed by atoms with Gasteiger partial charge in [-0.25, -0.2) is 12.8 Å². The number of anilines is 1. The minimum Gasteiger partial charge on any atom is -0.281 e. The van der Waals surface area contributed by atoms with Crippen molar-refractivity contribution in [2.24, 2.45) is 0 Å². The van der Waals surface area contributed by atoms with Gasteiger partial charge in [-0.1, -0.05) is 12.1 Å². The maximum Gasteiger partial charge on any atom is 0.229 e. The summed E-state index contributed by atoms with van der Waals surface area (Å²) in [6.45, 7) is 0. The smallest absolute Gasteiger partial charge is 0.229 e. The molecule has 0 atom stereocenters. The molecule has 0 aliphatic rings. The number of nitrogens with one attached hydrogen (secondary N) is 1. The zero-order valence-electron chi connectivity index (χ0n) is 6.33. The summed E-state index contributed by atoms with van der Waals surface area (Å²) in [6.07, 6.45) is 0.958. The van der Waals surface area contributed by atoms with Gasteiger partial charge in [-0.05, 0) is 6.07 Å². The summed E-state index contributed by atoms with van der Waals surface area (Å²) >= 11 is 0. The van der Waals surface area contributed by atoms with E-state index in [9.17, 15) is 12.8 Å². The van der Waals surface area contributed by atoms with Gasteiger partial charge in [-0.3, -0.25) is 4.72 Å². The molecule has 0 fully saturated rings. The molecule has 0 unspecified atom stereocenters. The van der Waals surface area contributed by atoms with E-state index in [0.29, 0.717) is 0 Å². The Hall–Kier alpha value is -1.10. The van der Waals surface area contributed by atoms with E-state index in [1.165, 1.54) is 18.2 Å². The highest BCUT2D eigenvalue weighted by atomic mass is 32.2. The van der Waals surface area contributed by atoms with Crippen molar-refractivity contribution in [2.75, 3.05) is 11.0 Å². The zero-order valence-corrected chi connectivity index (χ0v) is 7.15. The Labute approximate surface area is 70.3 Å². The lowest BCUT2D eigenvalue weighted by Crippen LogP contribution is -2.10. The summed E-state index contributed by atoms with van der Waals surface area (Å²) in [6, 6.07) is 6.42. The molecule has 1 N–H and O–H groups in total. The van der Waals surface area contributed by atoms with Crippen molar-refractivity contribution in [3.05, 3.63) is 30.1 Å². The van der Waals surface area contributed by atoms with Crippen LogP contribution >= 0.6 is 0 Å². The average Bonchev–Trinajstić information content (AvgIpc) is 1.91. The molecule has 3 nitrogen and oxygen atoms in total. The number of sulfonamides is 1. The van der Waals surface area contributed by atoms with Crippen molar-refractivity contribution in [1.29, 1.82) is 0 Å². The molecule has 65 valence electrons. The fourth-order valence-electron chi connectivity index (χ4n) is 0.695. The fourth-order valence-corrected chi connectivity index (χ4v) is 1.25. The lowest BCUT2D eigenvalue weighted by Gasteiger charge is -2.02. The van der Waals surface area contributed by atoms with E-state index in [4.69, 9.17) is 0 Å². The van der Waals surface area contributed by atoms with Gasteiger partial charge < -0.3 is 0 Å². The molecular formula is C7H7FNO2S. The standard InChI is InChI=1S/C7H7FNO2S/c1-12(10,11)9-7-5-3-2-4-6(7)8/h2-3,5,9H,1H3. The lowest BCUT2D eigenvalue weighted by atomic mass is 10.3. The van der Waals surface area contributed by atoms with Crippen molar-refractivity contribution in [2.45, 2.75) is 0 Å². The van der Waals surface area contributed by atoms with Crippen molar-refractivity contribution in [1.82, 2.24) is 0 Å². The highest BCUT2D eigenvalue weighted by molar-refractivity contribution is 7.92. The number of halogens is 1. The molecule has 5 heteroatoms. The Morgan fingerprint density at radius 2 is 2.25 bits per heavy atom. The maximum atomic E-state index is 12.7. The van der Waals surface area contributed by atoms with Crippen LogP contribution in [0, 0.1) is 11.9 Å². The Morgan fingerprint density at radius 3 is 2.75 bits per heavy atom. The van der Waals surface area contributed by atoms with Crippen molar-refractivity contribution >= 4 is 15.7 Å². The van der Waals surface area contributed by atoms with E-state index < -0.39 is 15.8 Å². The average molecular weight is 188 g/mol. The van der Waals surface area contributed by atoms with E-state index in [1.807, 2.05) is 4.72 Å². The summed E-state index contributed by atoms with van der Waals surface area (Å²) in [5, 5.41) is 0. The fraction of sp³-hybridized carbons (Fsp3) is 0.143. The molecule has 0 bridgehead atoms. The molecule has 0 saturated carbocycles. The summed E-state index contributed by atoms with van der Waals surface area (Å²) in [4.78, 5) is 0. The van der Waals surface area contributed by atoms with Gasteiger partial charge in [0, 0.05) is 6.07 Å². The Morgan fingerprint density at radius 1 is 1.58 bits per heavy atom. The Balaban J connectivity index is 2.98. The first-order chi connectivity index (χ1) is 5.49. The topological polar surface area (TPSA) is 46.2 Å². The van der Waals surface area contributed by atoms with Crippen molar-refractivity contribution in [3.63, 3.8) is 0 Å².